The number of hydrogen-bond donors (Lipinski definition) is 0. The Labute approximate surface area is 319 Å². The number of hydrogen-bond acceptors (Lipinski definition) is 1. The Hall–Kier alpha value is -7.36. The van der Waals surface area contributed by atoms with E-state index < -0.39 is 0 Å². The van der Waals surface area contributed by atoms with Crippen LogP contribution in [0.2, 0.25) is 0 Å². The topological polar surface area (TPSA) is 13.1 Å². The molecule has 0 bridgehead atoms. The lowest BCUT2D eigenvalue weighted by atomic mass is 9.97. The van der Waals surface area contributed by atoms with Crippen LogP contribution in [0.4, 0.5) is 17.1 Å². The van der Waals surface area contributed by atoms with Crippen LogP contribution in [0.5, 0.6) is 0 Å². The summed E-state index contributed by atoms with van der Waals surface area (Å²) in [5.74, 6) is 0. The minimum absolute atomic E-state index is 1.08. The van der Waals surface area contributed by atoms with Gasteiger partial charge in [-0.15, -0.1) is 0 Å². The van der Waals surface area contributed by atoms with Crippen molar-refractivity contribution in [3.63, 3.8) is 0 Å². The molecule has 0 saturated heterocycles. The van der Waals surface area contributed by atoms with Gasteiger partial charge in [-0.2, -0.15) is 0 Å². The molecular weight excluding hydrogens is 667 g/mol. The summed E-state index contributed by atoms with van der Waals surface area (Å²) in [6.45, 7) is 0. The molecule has 9 aromatic carbocycles. The number of fused-ring (bicyclic) bond motifs is 7. The van der Waals surface area contributed by atoms with E-state index in [1.165, 1.54) is 59.9 Å². The van der Waals surface area contributed by atoms with Crippen molar-refractivity contribution in [2.24, 2.45) is 0 Å². The van der Waals surface area contributed by atoms with Crippen molar-refractivity contribution in [2.45, 2.75) is 0 Å². The summed E-state index contributed by atoms with van der Waals surface area (Å²) in [7, 11) is 0. The number of aromatic nitrogens is 2. The molecule has 0 amide bonds. The van der Waals surface area contributed by atoms with E-state index in [2.05, 4.69) is 226 Å². The van der Waals surface area contributed by atoms with Crippen molar-refractivity contribution in [1.82, 2.24) is 9.13 Å². The maximum absolute atomic E-state index is 2.44. The van der Waals surface area contributed by atoms with E-state index in [-0.39, 0.29) is 0 Å². The zero-order chi connectivity index (χ0) is 36.3. The molecule has 0 unspecified atom stereocenters. The van der Waals surface area contributed by atoms with Gasteiger partial charge in [-0.1, -0.05) is 140 Å². The van der Waals surface area contributed by atoms with E-state index in [9.17, 15) is 0 Å². The van der Waals surface area contributed by atoms with Gasteiger partial charge in [-0.05, 0) is 89.3 Å². The predicted octanol–water partition coefficient (Wildman–Crippen LogP) is 14.2. The minimum atomic E-state index is 1.08. The first kappa shape index (κ1) is 31.2. The lowest BCUT2D eigenvalue weighted by molar-refractivity contribution is 1.17. The smallest absolute Gasteiger partial charge is 0.0547 e. The fourth-order valence-electron chi connectivity index (χ4n) is 8.73. The first-order valence-corrected chi connectivity index (χ1v) is 18.9. The maximum atomic E-state index is 2.44. The van der Waals surface area contributed by atoms with Crippen molar-refractivity contribution >= 4 is 71.4 Å². The molecule has 0 radical (unpaired) electrons. The molecule has 3 nitrogen and oxygen atoms in total. The molecule has 0 aliphatic heterocycles. The van der Waals surface area contributed by atoms with Gasteiger partial charge in [-0.25, -0.2) is 0 Å². The standard InChI is InChI=1S/C52H35N3/c1-3-19-38(20-4-1)53(47-31-15-18-36-17-7-8-23-42(36)47)40-33-37(34-41(35-40)55-48-28-12-9-24-44(48)45-25-10-13-29-49(45)55)43-27-16-32-51-52(43)46-26-11-14-30-50(46)54(51)39-21-5-2-6-22-39/h1-35H. The van der Waals surface area contributed by atoms with Gasteiger partial charge in [-0.3, -0.25) is 0 Å². The first-order valence-electron chi connectivity index (χ1n) is 18.9. The molecule has 2 heterocycles. The van der Waals surface area contributed by atoms with Crippen molar-refractivity contribution in [3.8, 4) is 22.5 Å². The Kier molecular flexibility index (Phi) is 7.17. The average molecular weight is 702 g/mol. The van der Waals surface area contributed by atoms with Crippen LogP contribution in [0.15, 0.2) is 212 Å². The lowest BCUT2D eigenvalue weighted by Crippen LogP contribution is -2.11. The SMILES string of the molecule is c1ccc(N(c2cc(-c3cccc4c3c3ccccc3n4-c3ccccc3)cc(-n3c4ccccc4c4ccccc43)c2)c2cccc3ccccc23)cc1. The third-order valence-corrected chi connectivity index (χ3v) is 11.0. The van der Waals surface area contributed by atoms with Gasteiger partial charge >= 0.3 is 0 Å². The lowest BCUT2D eigenvalue weighted by Gasteiger charge is -2.28. The van der Waals surface area contributed by atoms with Crippen LogP contribution < -0.4 is 4.90 Å². The van der Waals surface area contributed by atoms with Crippen LogP contribution in [-0.2, 0) is 0 Å². The quantitative estimate of drug-likeness (QED) is 0.168. The Morgan fingerprint density at radius 1 is 0.327 bits per heavy atom. The second-order valence-corrected chi connectivity index (χ2v) is 14.2. The van der Waals surface area contributed by atoms with E-state index in [1.807, 2.05) is 0 Å². The molecule has 0 aliphatic rings. The van der Waals surface area contributed by atoms with E-state index >= 15 is 0 Å². The molecule has 0 aliphatic carbocycles. The number of rotatable bonds is 6. The summed E-state index contributed by atoms with van der Waals surface area (Å²) in [6.07, 6.45) is 0. The van der Waals surface area contributed by atoms with E-state index in [0.29, 0.717) is 0 Å². The van der Waals surface area contributed by atoms with Crippen LogP contribution in [-0.4, -0.2) is 9.13 Å². The minimum Gasteiger partial charge on any atom is -0.310 e. The van der Waals surface area contributed by atoms with Crippen molar-refractivity contribution in [2.75, 3.05) is 4.90 Å². The Bertz CT molecular complexity index is 3150. The molecule has 11 aromatic rings. The van der Waals surface area contributed by atoms with Gasteiger partial charge in [0.2, 0.25) is 0 Å². The third-order valence-electron chi connectivity index (χ3n) is 11.0. The molecule has 3 heteroatoms. The fraction of sp³-hybridized carbons (Fsp3) is 0. The Morgan fingerprint density at radius 2 is 0.855 bits per heavy atom. The molecule has 0 fully saturated rings. The van der Waals surface area contributed by atoms with Gasteiger partial charge in [0, 0.05) is 49.7 Å². The fourth-order valence-corrected chi connectivity index (χ4v) is 8.73. The highest BCUT2D eigenvalue weighted by Crippen LogP contribution is 2.45. The van der Waals surface area contributed by atoms with Gasteiger partial charge < -0.3 is 14.0 Å². The van der Waals surface area contributed by atoms with Gasteiger partial charge in [0.15, 0.2) is 0 Å². The summed E-state index contributed by atoms with van der Waals surface area (Å²) < 4.78 is 4.84. The zero-order valence-corrected chi connectivity index (χ0v) is 30.0. The van der Waals surface area contributed by atoms with Crippen LogP contribution >= 0.6 is 0 Å². The first-order chi connectivity index (χ1) is 27.3. The molecule has 258 valence electrons. The van der Waals surface area contributed by atoms with Crippen molar-refractivity contribution < 1.29 is 0 Å². The molecule has 0 atom stereocenters. The summed E-state index contributed by atoms with van der Waals surface area (Å²) >= 11 is 0. The highest BCUT2D eigenvalue weighted by atomic mass is 15.1. The van der Waals surface area contributed by atoms with Crippen LogP contribution in [0.1, 0.15) is 0 Å². The van der Waals surface area contributed by atoms with Gasteiger partial charge in [0.25, 0.3) is 0 Å². The summed E-state index contributed by atoms with van der Waals surface area (Å²) in [5.41, 5.74) is 12.7. The molecular formula is C52H35N3. The molecule has 0 saturated carbocycles. The molecule has 11 rings (SSSR count). The monoisotopic (exact) mass is 701 g/mol. The number of anilines is 3. The largest absolute Gasteiger partial charge is 0.310 e. The number of para-hydroxylation sites is 5. The average Bonchev–Trinajstić information content (AvgIpc) is 3.78. The highest BCUT2D eigenvalue weighted by Gasteiger charge is 2.22. The maximum Gasteiger partial charge on any atom is 0.0547 e. The summed E-state index contributed by atoms with van der Waals surface area (Å²) in [5, 5.41) is 7.36. The second-order valence-electron chi connectivity index (χ2n) is 14.2. The second kappa shape index (κ2) is 12.6. The van der Waals surface area contributed by atoms with E-state index in [1.54, 1.807) is 0 Å². The third kappa shape index (κ3) is 4.98. The number of nitrogens with zero attached hydrogens (tertiary/aromatic N) is 3. The van der Waals surface area contributed by atoms with Gasteiger partial charge in [0.05, 0.1) is 27.8 Å². The van der Waals surface area contributed by atoms with Crippen LogP contribution in [0.3, 0.4) is 0 Å². The normalized spacial score (nSPS) is 11.6. The zero-order valence-electron chi connectivity index (χ0n) is 30.0. The molecule has 55 heavy (non-hydrogen) atoms. The highest BCUT2D eigenvalue weighted by molar-refractivity contribution is 6.16. The van der Waals surface area contributed by atoms with Gasteiger partial charge in [0.1, 0.15) is 0 Å². The van der Waals surface area contributed by atoms with Crippen molar-refractivity contribution in [3.05, 3.63) is 212 Å². The molecule has 0 spiro atoms. The van der Waals surface area contributed by atoms with Crippen LogP contribution in [0.25, 0.3) is 76.9 Å². The summed E-state index contributed by atoms with van der Waals surface area (Å²) in [6, 6.07) is 77.0. The molecule has 0 N–H and O–H groups in total. The Balaban J connectivity index is 1.26. The number of benzene rings is 9. The van der Waals surface area contributed by atoms with E-state index in [4.69, 9.17) is 0 Å². The molecule has 2 aromatic heterocycles. The van der Waals surface area contributed by atoms with Crippen molar-refractivity contribution in [1.29, 1.82) is 0 Å². The van der Waals surface area contributed by atoms with E-state index in [0.717, 1.165) is 34.0 Å². The Morgan fingerprint density at radius 3 is 1.58 bits per heavy atom. The van der Waals surface area contributed by atoms with Crippen LogP contribution in [0, 0.1) is 0 Å². The predicted molar refractivity (Wildman–Crippen MR) is 233 cm³/mol. The summed E-state index contributed by atoms with van der Waals surface area (Å²) in [4.78, 5) is 2.43.